The number of hydrogen-bond donors (Lipinski definition) is 2. The van der Waals surface area contributed by atoms with Crippen LogP contribution in [-0.4, -0.2) is 46.4 Å². The summed E-state index contributed by atoms with van der Waals surface area (Å²) in [5.41, 5.74) is 1.45. The molecule has 0 fully saturated rings. The SMILES string of the molecule is CCOc1ccc(C(=O)c2ccccc2C(=O)NCCNS(=O)(=O)Cc2ccccc2)cc1OCC. The van der Waals surface area contributed by atoms with Crippen LogP contribution in [0.15, 0.2) is 72.8 Å². The van der Waals surface area contributed by atoms with Crippen LogP contribution in [0.25, 0.3) is 0 Å². The van der Waals surface area contributed by atoms with Gasteiger partial charge in [-0.2, -0.15) is 0 Å². The first-order chi connectivity index (χ1) is 17.3. The van der Waals surface area contributed by atoms with Crippen molar-refractivity contribution in [1.82, 2.24) is 10.0 Å². The second-order valence-corrected chi connectivity index (χ2v) is 9.60. The van der Waals surface area contributed by atoms with Crippen molar-refractivity contribution < 1.29 is 27.5 Å². The predicted molar refractivity (Wildman–Crippen MR) is 138 cm³/mol. The second kappa shape index (κ2) is 12.9. The molecule has 0 saturated heterocycles. The van der Waals surface area contributed by atoms with Gasteiger partial charge >= 0.3 is 0 Å². The standard InChI is InChI=1S/C27H30N2O6S/c1-3-34-24-15-14-21(18-25(24)35-4-2)26(30)22-12-8-9-13-23(22)27(31)28-16-17-29-36(32,33)19-20-10-6-5-7-11-20/h5-15,18,29H,3-4,16-17,19H2,1-2H3,(H,28,31). The summed E-state index contributed by atoms with van der Waals surface area (Å²) in [4.78, 5) is 26.1. The second-order valence-electron chi connectivity index (χ2n) is 7.80. The molecule has 9 heteroatoms. The monoisotopic (exact) mass is 510 g/mol. The molecule has 2 N–H and O–H groups in total. The Kier molecular flexibility index (Phi) is 9.61. The molecular weight excluding hydrogens is 480 g/mol. The minimum Gasteiger partial charge on any atom is -0.490 e. The molecule has 3 aromatic carbocycles. The molecule has 0 aromatic heterocycles. The lowest BCUT2D eigenvalue weighted by Crippen LogP contribution is -2.35. The highest BCUT2D eigenvalue weighted by molar-refractivity contribution is 7.88. The van der Waals surface area contributed by atoms with Gasteiger partial charge in [-0.05, 0) is 43.7 Å². The first kappa shape index (κ1) is 26.9. The Hall–Kier alpha value is -3.69. The minimum absolute atomic E-state index is 0.0215. The van der Waals surface area contributed by atoms with Crippen molar-refractivity contribution in [2.24, 2.45) is 0 Å². The summed E-state index contributed by atoms with van der Waals surface area (Å²) in [6.45, 7) is 4.65. The van der Waals surface area contributed by atoms with E-state index < -0.39 is 15.9 Å². The van der Waals surface area contributed by atoms with E-state index in [1.807, 2.05) is 19.9 Å². The molecule has 0 bridgehead atoms. The molecule has 0 atom stereocenters. The van der Waals surface area contributed by atoms with Crippen LogP contribution in [0, 0.1) is 0 Å². The summed E-state index contributed by atoms with van der Waals surface area (Å²) in [6.07, 6.45) is 0. The zero-order valence-electron chi connectivity index (χ0n) is 20.3. The Morgan fingerprint density at radius 2 is 1.42 bits per heavy atom. The van der Waals surface area contributed by atoms with Gasteiger partial charge in [0, 0.05) is 24.2 Å². The van der Waals surface area contributed by atoms with Crippen molar-refractivity contribution in [2.75, 3.05) is 26.3 Å². The fourth-order valence-electron chi connectivity index (χ4n) is 3.55. The van der Waals surface area contributed by atoms with Gasteiger partial charge in [0.25, 0.3) is 5.91 Å². The van der Waals surface area contributed by atoms with Crippen LogP contribution in [0.5, 0.6) is 11.5 Å². The third-order valence-electron chi connectivity index (χ3n) is 5.15. The van der Waals surface area contributed by atoms with Gasteiger partial charge in [0.15, 0.2) is 17.3 Å². The zero-order valence-corrected chi connectivity index (χ0v) is 21.1. The Balaban J connectivity index is 1.65. The largest absolute Gasteiger partial charge is 0.490 e. The molecule has 0 aliphatic heterocycles. The van der Waals surface area contributed by atoms with E-state index in [9.17, 15) is 18.0 Å². The lowest BCUT2D eigenvalue weighted by molar-refractivity contribution is 0.0942. The first-order valence-corrected chi connectivity index (χ1v) is 13.3. The van der Waals surface area contributed by atoms with Gasteiger partial charge in [0.1, 0.15) is 0 Å². The molecule has 3 rings (SSSR count). The van der Waals surface area contributed by atoms with Gasteiger partial charge < -0.3 is 14.8 Å². The van der Waals surface area contributed by atoms with Crippen molar-refractivity contribution in [1.29, 1.82) is 0 Å². The average molecular weight is 511 g/mol. The zero-order chi connectivity index (χ0) is 26.0. The fourth-order valence-corrected chi connectivity index (χ4v) is 4.70. The summed E-state index contributed by atoms with van der Waals surface area (Å²) in [7, 11) is -3.55. The number of hydrogen-bond acceptors (Lipinski definition) is 6. The molecule has 190 valence electrons. The lowest BCUT2D eigenvalue weighted by Gasteiger charge is -2.13. The maximum absolute atomic E-state index is 13.3. The highest BCUT2D eigenvalue weighted by atomic mass is 32.2. The van der Waals surface area contributed by atoms with Crippen molar-refractivity contribution in [3.05, 3.63) is 95.1 Å². The van der Waals surface area contributed by atoms with E-state index >= 15 is 0 Å². The van der Waals surface area contributed by atoms with Gasteiger partial charge in [-0.3, -0.25) is 9.59 Å². The molecule has 1 amide bonds. The summed E-state index contributed by atoms with van der Waals surface area (Å²) in [5.74, 6) is 0.0300. The smallest absolute Gasteiger partial charge is 0.252 e. The van der Waals surface area contributed by atoms with E-state index in [4.69, 9.17) is 9.47 Å². The number of sulfonamides is 1. The van der Waals surface area contributed by atoms with Crippen LogP contribution < -0.4 is 19.5 Å². The Morgan fingerprint density at radius 3 is 2.11 bits per heavy atom. The number of carbonyl (C=O) groups is 2. The van der Waals surface area contributed by atoms with Crippen LogP contribution in [0.3, 0.4) is 0 Å². The Labute approximate surface area is 211 Å². The summed E-state index contributed by atoms with van der Waals surface area (Å²) < 4.78 is 38.2. The number of ketones is 1. The lowest BCUT2D eigenvalue weighted by atomic mass is 9.97. The summed E-state index contributed by atoms with van der Waals surface area (Å²) in [5, 5.41) is 2.68. The maximum Gasteiger partial charge on any atom is 0.252 e. The molecule has 36 heavy (non-hydrogen) atoms. The van der Waals surface area contributed by atoms with Gasteiger partial charge in [0.05, 0.1) is 24.5 Å². The number of ether oxygens (including phenoxy) is 2. The molecule has 0 heterocycles. The number of nitrogens with one attached hydrogen (secondary N) is 2. The molecule has 0 aliphatic rings. The van der Waals surface area contributed by atoms with Crippen LogP contribution in [0.4, 0.5) is 0 Å². The average Bonchev–Trinajstić information content (AvgIpc) is 2.87. The fraction of sp³-hybridized carbons (Fsp3) is 0.259. The maximum atomic E-state index is 13.3. The van der Waals surface area contributed by atoms with E-state index in [0.29, 0.717) is 35.8 Å². The normalized spacial score (nSPS) is 11.1. The topological polar surface area (TPSA) is 111 Å². The summed E-state index contributed by atoms with van der Waals surface area (Å²) >= 11 is 0. The Morgan fingerprint density at radius 1 is 0.778 bits per heavy atom. The van der Waals surface area contributed by atoms with E-state index in [-0.39, 0.29) is 35.8 Å². The molecular formula is C27H30N2O6S. The number of benzene rings is 3. The van der Waals surface area contributed by atoms with Gasteiger partial charge in [-0.25, -0.2) is 13.1 Å². The van der Waals surface area contributed by atoms with Gasteiger partial charge in [-0.15, -0.1) is 0 Å². The summed E-state index contributed by atoms with van der Waals surface area (Å²) in [6, 6.07) is 20.2. The first-order valence-electron chi connectivity index (χ1n) is 11.7. The van der Waals surface area contributed by atoms with Crippen molar-refractivity contribution in [3.8, 4) is 11.5 Å². The van der Waals surface area contributed by atoms with E-state index in [1.54, 1.807) is 66.7 Å². The quantitative estimate of drug-likeness (QED) is 0.269. The molecule has 0 aliphatic carbocycles. The van der Waals surface area contributed by atoms with Gasteiger partial charge in [-0.1, -0.05) is 48.5 Å². The Bertz CT molecular complexity index is 1290. The third-order valence-corrected chi connectivity index (χ3v) is 6.51. The molecule has 0 radical (unpaired) electrons. The molecule has 0 saturated carbocycles. The predicted octanol–water partition coefficient (Wildman–Crippen LogP) is 3.56. The third kappa shape index (κ3) is 7.40. The number of carbonyl (C=O) groups excluding carboxylic acids is 2. The molecule has 8 nitrogen and oxygen atoms in total. The highest BCUT2D eigenvalue weighted by Crippen LogP contribution is 2.30. The molecule has 0 spiro atoms. The number of amides is 1. The van der Waals surface area contributed by atoms with Gasteiger partial charge in [0.2, 0.25) is 10.0 Å². The minimum atomic E-state index is -3.55. The van der Waals surface area contributed by atoms with Crippen LogP contribution in [-0.2, 0) is 15.8 Å². The van der Waals surface area contributed by atoms with E-state index in [2.05, 4.69) is 10.0 Å². The number of rotatable bonds is 13. The van der Waals surface area contributed by atoms with Crippen molar-refractivity contribution in [3.63, 3.8) is 0 Å². The van der Waals surface area contributed by atoms with E-state index in [1.165, 1.54) is 0 Å². The van der Waals surface area contributed by atoms with E-state index in [0.717, 1.165) is 0 Å². The molecule has 3 aromatic rings. The molecule has 0 unspecified atom stereocenters. The van der Waals surface area contributed by atoms with Crippen LogP contribution in [0.2, 0.25) is 0 Å². The highest BCUT2D eigenvalue weighted by Gasteiger charge is 2.20. The van der Waals surface area contributed by atoms with Crippen molar-refractivity contribution >= 4 is 21.7 Å². The van der Waals surface area contributed by atoms with Crippen LogP contribution >= 0.6 is 0 Å². The van der Waals surface area contributed by atoms with Crippen LogP contribution in [0.1, 0.15) is 45.7 Å². The van der Waals surface area contributed by atoms with Crippen molar-refractivity contribution in [2.45, 2.75) is 19.6 Å².